The van der Waals surface area contributed by atoms with Gasteiger partial charge in [-0.25, -0.2) is 4.98 Å². The number of pyridine rings is 1. The fourth-order valence-corrected chi connectivity index (χ4v) is 2.06. The maximum Gasteiger partial charge on any atom is 0.128 e. The van der Waals surface area contributed by atoms with E-state index >= 15 is 0 Å². The highest BCUT2D eigenvalue weighted by molar-refractivity contribution is 5.39. The van der Waals surface area contributed by atoms with Gasteiger partial charge >= 0.3 is 0 Å². The minimum atomic E-state index is 0.245. The molecule has 19 heavy (non-hydrogen) atoms. The van der Waals surface area contributed by atoms with E-state index in [-0.39, 0.29) is 6.04 Å². The molecule has 0 amide bonds. The quantitative estimate of drug-likeness (QED) is 0.783. The number of nitrogens with two attached hydrogens (primary N) is 1. The van der Waals surface area contributed by atoms with E-state index in [0.717, 1.165) is 31.7 Å². The maximum atomic E-state index is 5.97. The van der Waals surface area contributed by atoms with E-state index in [1.54, 1.807) is 0 Å². The van der Waals surface area contributed by atoms with Crippen LogP contribution in [0.15, 0.2) is 18.3 Å². The third-order valence-electron chi connectivity index (χ3n) is 3.77. The van der Waals surface area contributed by atoms with Crippen molar-refractivity contribution in [2.45, 2.75) is 53.0 Å². The van der Waals surface area contributed by atoms with E-state index in [1.165, 1.54) is 12.0 Å². The van der Waals surface area contributed by atoms with Crippen LogP contribution >= 0.6 is 0 Å². The van der Waals surface area contributed by atoms with Gasteiger partial charge in [0.2, 0.25) is 0 Å². The van der Waals surface area contributed by atoms with Crippen LogP contribution in [0.2, 0.25) is 0 Å². The first-order chi connectivity index (χ1) is 9.10. The van der Waals surface area contributed by atoms with Gasteiger partial charge in [-0.3, -0.25) is 0 Å². The summed E-state index contributed by atoms with van der Waals surface area (Å²) in [4.78, 5) is 6.94. The second kappa shape index (κ2) is 8.16. The Bertz CT molecular complexity index is 348. The maximum absolute atomic E-state index is 5.97. The van der Waals surface area contributed by atoms with Crippen LogP contribution in [0.3, 0.4) is 0 Å². The zero-order valence-electron chi connectivity index (χ0n) is 12.9. The summed E-state index contributed by atoms with van der Waals surface area (Å²) in [6.07, 6.45) is 5.11. The first-order valence-electron chi connectivity index (χ1n) is 7.56. The van der Waals surface area contributed by atoms with Crippen molar-refractivity contribution < 1.29 is 0 Å². The molecule has 1 rings (SSSR count). The van der Waals surface area contributed by atoms with E-state index in [2.05, 4.69) is 49.7 Å². The Balaban J connectivity index is 2.67. The largest absolute Gasteiger partial charge is 0.357 e. The highest BCUT2D eigenvalue weighted by Crippen LogP contribution is 2.15. The molecule has 0 aliphatic rings. The Morgan fingerprint density at radius 3 is 2.42 bits per heavy atom. The first kappa shape index (κ1) is 16.0. The summed E-state index contributed by atoms with van der Waals surface area (Å²) in [5.41, 5.74) is 7.21. The monoisotopic (exact) mass is 263 g/mol. The number of hydrogen-bond acceptors (Lipinski definition) is 3. The fourth-order valence-electron chi connectivity index (χ4n) is 2.06. The molecule has 0 aromatic carbocycles. The Kier molecular flexibility index (Phi) is 6.85. The lowest BCUT2D eigenvalue weighted by Crippen LogP contribution is -2.29. The summed E-state index contributed by atoms with van der Waals surface area (Å²) in [7, 11) is 0. The molecular weight excluding hydrogens is 234 g/mol. The van der Waals surface area contributed by atoms with Crippen molar-refractivity contribution in [1.29, 1.82) is 0 Å². The minimum Gasteiger partial charge on any atom is -0.357 e. The van der Waals surface area contributed by atoms with Crippen LogP contribution in [0.1, 0.15) is 46.1 Å². The standard InChI is InChI=1S/C16H29N3/c1-5-13(4)12-19(7-3)16-9-8-14(11-18-16)10-15(17)6-2/h8-9,11,13,15H,5-7,10,12,17H2,1-4H3. The molecule has 0 saturated carbocycles. The molecule has 0 saturated heterocycles. The number of nitrogens with zero attached hydrogens (tertiary/aromatic N) is 2. The van der Waals surface area contributed by atoms with Crippen LogP contribution in [-0.2, 0) is 6.42 Å². The Morgan fingerprint density at radius 2 is 1.95 bits per heavy atom. The van der Waals surface area contributed by atoms with Crippen LogP contribution in [0, 0.1) is 5.92 Å². The summed E-state index contributed by atoms with van der Waals surface area (Å²) in [5, 5.41) is 0. The van der Waals surface area contributed by atoms with Gasteiger partial charge in [0.15, 0.2) is 0 Å². The van der Waals surface area contributed by atoms with Crippen molar-refractivity contribution in [3.63, 3.8) is 0 Å². The lowest BCUT2D eigenvalue weighted by Gasteiger charge is -2.25. The summed E-state index contributed by atoms with van der Waals surface area (Å²) >= 11 is 0. The molecule has 0 aliphatic heterocycles. The number of rotatable bonds is 8. The molecule has 1 aromatic heterocycles. The van der Waals surface area contributed by atoms with Crippen molar-refractivity contribution >= 4 is 5.82 Å². The van der Waals surface area contributed by atoms with Gasteiger partial charge in [0.1, 0.15) is 5.82 Å². The highest BCUT2D eigenvalue weighted by atomic mass is 15.2. The number of hydrogen-bond donors (Lipinski definition) is 1. The number of anilines is 1. The molecule has 0 fully saturated rings. The molecule has 1 heterocycles. The zero-order chi connectivity index (χ0) is 14.3. The second-order valence-corrected chi connectivity index (χ2v) is 5.45. The van der Waals surface area contributed by atoms with Crippen LogP contribution in [0.25, 0.3) is 0 Å². The molecule has 1 aromatic rings. The Hall–Kier alpha value is -1.09. The van der Waals surface area contributed by atoms with Gasteiger partial charge in [0.25, 0.3) is 0 Å². The van der Waals surface area contributed by atoms with E-state index in [0.29, 0.717) is 5.92 Å². The van der Waals surface area contributed by atoms with Crippen molar-refractivity contribution in [3.05, 3.63) is 23.9 Å². The molecule has 0 spiro atoms. The first-order valence-corrected chi connectivity index (χ1v) is 7.56. The second-order valence-electron chi connectivity index (χ2n) is 5.45. The van der Waals surface area contributed by atoms with Gasteiger partial charge in [-0.1, -0.05) is 33.3 Å². The predicted octanol–water partition coefficient (Wildman–Crippen LogP) is 3.23. The van der Waals surface area contributed by atoms with Crippen molar-refractivity contribution in [2.24, 2.45) is 11.7 Å². The average molecular weight is 263 g/mol. The molecule has 0 bridgehead atoms. The highest BCUT2D eigenvalue weighted by Gasteiger charge is 2.10. The van der Waals surface area contributed by atoms with Gasteiger partial charge in [0.05, 0.1) is 0 Å². The van der Waals surface area contributed by atoms with Crippen LogP contribution in [0.5, 0.6) is 0 Å². The van der Waals surface area contributed by atoms with Crippen molar-refractivity contribution in [3.8, 4) is 0 Å². The molecule has 0 aliphatic carbocycles. The van der Waals surface area contributed by atoms with Crippen LogP contribution in [-0.4, -0.2) is 24.1 Å². The van der Waals surface area contributed by atoms with E-state index < -0.39 is 0 Å². The molecule has 3 nitrogen and oxygen atoms in total. The summed E-state index contributed by atoms with van der Waals surface area (Å²) in [6, 6.07) is 4.54. The minimum absolute atomic E-state index is 0.245. The normalized spacial score (nSPS) is 14.2. The molecule has 2 atom stereocenters. The van der Waals surface area contributed by atoms with Crippen molar-refractivity contribution in [2.75, 3.05) is 18.0 Å². The Labute approximate surface area is 118 Å². The summed E-state index contributed by atoms with van der Waals surface area (Å²) in [5.74, 6) is 1.78. The third kappa shape index (κ3) is 5.19. The van der Waals surface area contributed by atoms with E-state index in [4.69, 9.17) is 5.73 Å². The molecule has 2 N–H and O–H groups in total. The molecular formula is C16H29N3. The van der Waals surface area contributed by atoms with Gasteiger partial charge in [-0.05, 0) is 37.3 Å². The van der Waals surface area contributed by atoms with Crippen LogP contribution in [0.4, 0.5) is 5.82 Å². The van der Waals surface area contributed by atoms with Gasteiger partial charge in [-0.2, -0.15) is 0 Å². The van der Waals surface area contributed by atoms with E-state index in [1.807, 2.05) is 6.20 Å². The van der Waals surface area contributed by atoms with Crippen LogP contribution < -0.4 is 10.6 Å². The van der Waals surface area contributed by atoms with Crippen molar-refractivity contribution in [1.82, 2.24) is 4.98 Å². The molecule has 2 unspecified atom stereocenters. The average Bonchev–Trinajstić information content (AvgIpc) is 2.45. The zero-order valence-corrected chi connectivity index (χ0v) is 12.9. The summed E-state index contributed by atoms with van der Waals surface area (Å²) < 4.78 is 0. The Morgan fingerprint density at radius 1 is 1.21 bits per heavy atom. The molecule has 108 valence electrons. The predicted molar refractivity (Wildman–Crippen MR) is 83.5 cm³/mol. The lowest BCUT2D eigenvalue weighted by atomic mass is 10.1. The smallest absolute Gasteiger partial charge is 0.128 e. The molecule has 0 radical (unpaired) electrons. The molecule has 3 heteroatoms. The van der Waals surface area contributed by atoms with E-state index in [9.17, 15) is 0 Å². The van der Waals surface area contributed by atoms with Gasteiger partial charge < -0.3 is 10.6 Å². The lowest BCUT2D eigenvalue weighted by molar-refractivity contribution is 0.545. The van der Waals surface area contributed by atoms with Gasteiger partial charge in [0, 0.05) is 25.3 Å². The third-order valence-corrected chi connectivity index (χ3v) is 3.77. The summed E-state index contributed by atoms with van der Waals surface area (Å²) in [6.45, 7) is 10.9. The van der Waals surface area contributed by atoms with Gasteiger partial charge in [-0.15, -0.1) is 0 Å². The SMILES string of the molecule is CCC(C)CN(CC)c1ccc(CC(N)CC)cn1. The number of aromatic nitrogens is 1. The fraction of sp³-hybridized carbons (Fsp3) is 0.688. The topological polar surface area (TPSA) is 42.1 Å².